The summed E-state index contributed by atoms with van der Waals surface area (Å²) < 4.78 is 10.2. The average Bonchev–Trinajstić information content (AvgIpc) is 2.87. The number of furan rings is 1. The first kappa shape index (κ1) is 14.8. The van der Waals surface area contributed by atoms with E-state index in [-0.39, 0.29) is 5.97 Å². The Morgan fingerprint density at radius 2 is 2.09 bits per heavy atom. The van der Waals surface area contributed by atoms with E-state index < -0.39 is 4.75 Å². The van der Waals surface area contributed by atoms with Crippen LogP contribution in [0.4, 0.5) is 0 Å². The lowest BCUT2D eigenvalue weighted by Gasteiger charge is -2.20. The normalized spacial score (nSPS) is 12.0. The fourth-order valence-electron chi connectivity index (χ4n) is 2.16. The Hall–Kier alpha value is -2.08. The van der Waals surface area contributed by atoms with Crippen LogP contribution in [0.15, 0.2) is 40.0 Å². The van der Waals surface area contributed by atoms with Crippen LogP contribution < -0.4 is 0 Å². The molecule has 0 aliphatic carbocycles. The first-order valence-corrected chi connectivity index (χ1v) is 7.83. The van der Waals surface area contributed by atoms with Crippen molar-refractivity contribution in [1.82, 2.24) is 9.97 Å². The van der Waals surface area contributed by atoms with E-state index in [0.717, 1.165) is 16.5 Å². The predicted molar refractivity (Wildman–Crippen MR) is 85.9 cm³/mol. The van der Waals surface area contributed by atoms with E-state index in [4.69, 9.17) is 9.15 Å². The number of hydrogen-bond donors (Lipinski definition) is 0. The highest BCUT2D eigenvalue weighted by Gasteiger charge is 2.32. The Kier molecular flexibility index (Phi) is 3.78. The number of ether oxygens (including phenoxy) is 1. The van der Waals surface area contributed by atoms with Crippen molar-refractivity contribution in [2.24, 2.45) is 0 Å². The van der Waals surface area contributed by atoms with Crippen molar-refractivity contribution in [2.75, 3.05) is 6.61 Å². The Morgan fingerprint density at radius 1 is 1.32 bits per heavy atom. The average molecular weight is 316 g/mol. The van der Waals surface area contributed by atoms with E-state index in [9.17, 15) is 4.79 Å². The molecule has 3 rings (SSSR count). The number of benzene rings is 1. The Morgan fingerprint density at radius 3 is 2.86 bits per heavy atom. The minimum absolute atomic E-state index is 0.275. The van der Waals surface area contributed by atoms with Crippen molar-refractivity contribution in [2.45, 2.75) is 30.5 Å². The summed E-state index contributed by atoms with van der Waals surface area (Å²) in [6.45, 7) is 5.77. The van der Waals surface area contributed by atoms with Crippen LogP contribution >= 0.6 is 11.8 Å². The molecule has 0 atom stereocenters. The first-order chi connectivity index (χ1) is 10.5. The molecule has 114 valence electrons. The molecular formula is C16H16N2O3S. The third-order valence-electron chi connectivity index (χ3n) is 3.24. The molecule has 0 fully saturated rings. The summed E-state index contributed by atoms with van der Waals surface area (Å²) in [6.07, 6.45) is 1.49. The van der Waals surface area contributed by atoms with E-state index in [1.54, 1.807) is 6.92 Å². The van der Waals surface area contributed by atoms with Gasteiger partial charge in [0, 0.05) is 5.39 Å². The van der Waals surface area contributed by atoms with Gasteiger partial charge in [-0.25, -0.2) is 9.97 Å². The van der Waals surface area contributed by atoms with Gasteiger partial charge in [0.1, 0.15) is 27.2 Å². The van der Waals surface area contributed by atoms with Gasteiger partial charge in [0.15, 0.2) is 5.58 Å². The lowest BCUT2D eigenvalue weighted by molar-refractivity contribution is -0.145. The standard InChI is InChI=1S/C16H16N2O3S/c1-4-20-15(19)16(2,3)22-14-13-12(17-9-18-14)10-7-5-6-8-11(10)21-13/h5-9H,4H2,1-3H3. The maximum atomic E-state index is 12.1. The number of esters is 1. The maximum absolute atomic E-state index is 12.1. The minimum atomic E-state index is -0.754. The second kappa shape index (κ2) is 5.61. The second-order valence-corrected chi connectivity index (χ2v) is 6.90. The van der Waals surface area contributed by atoms with Gasteiger partial charge in [-0.2, -0.15) is 0 Å². The van der Waals surface area contributed by atoms with Gasteiger partial charge in [0.05, 0.1) is 6.61 Å². The zero-order chi connectivity index (χ0) is 15.7. The summed E-state index contributed by atoms with van der Waals surface area (Å²) in [7, 11) is 0. The van der Waals surface area contributed by atoms with E-state index in [1.807, 2.05) is 38.1 Å². The zero-order valence-electron chi connectivity index (χ0n) is 12.6. The van der Waals surface area contributed by atoms with E-state index in [2.05, 4.69) is 9.97 Å². The Labute approximate surface area is 132 Å². The molecule has 0 saturated carbocycles. The van der Waals surface area contributed by atoms with Crippen LogP contribution in [-0.2, 0) is 9.53 Å². The molecule has 3 aromatic rings. The highest BCUT2D eigenvalue weighted by Crippen LogP contribution is 2.38. The number of carbonyl (C=O) groups is 1. The summed E-state index contributed by atoms with van der Waals surface area (Å²) in [5.74, 6) is -0.275. The second-order valence-electron chi connectivity index (χ2n) is 5.29. The topological polar surface area (TPSA) is 65.2 Å². The lowest BCUT2D eigenvalue weighted by atomic mass is 10.2. The molecular weight excluding hydrogens is 300 g/mol. The summed E-state index contributed by atoms with van der Waals surface area (Å²) in [5.41, 5.74) is 2.12. The van der Waals surface area contributed by atoms with Crippen molar-refractivity contribution in [3.8, 4) is 0 Å². The summed E-state index contributed by atoms with van der Waals surface area (Å²) in [6, 6.07) is 7.70. The lowest BCUT2D eigenvalue weighted by Crippen LogP contribution is -2.30. The molecule has 6 heteroatoms. The predicted octanol–water partition coefficient (Wildman–Crippen LogP) is 3.81. The molecule has 1 aromatic carbocycles. The Balaban J connectivity index is 2.06. The van der Waals surface area contributed by atoms with Crippen LogP contribution in [0.2, 0.25) is 0 Å². The number of carbonyl (C=O) groups excluding carboxylic acids is 1. The van der Waals surface area contributed by atoms with Crippen molar-refractivity contribution < 1.29 is 13.9 Å². The molecule has 2 aromatic heterocycles. The van der Waals surface area contributed by atoms with Gasteiger partial charge < -0.3 is 9.15 Å². The van der Waals surface area contributed by atoms with Gasteiger partial charge in [-0.05, 0) is 32.9 Å². The number of para-hydroxylation sites is 1. The largest absolute Gasteiger partial charge is 0.465 e. The third-order valence-corrected chi connectivity index (χ3v) is 4.41. The van der Waals surface area contributed by atoms with E-state index in [0.29, 0.717) is 17.2 Å². The molecule has 0 amide bonds. The molecule has 0 saturated heterocycles. The minimum Gasteiger partial charge on any atom is -0.465 e. The van der Waals surface area contributed by atoms with E-state index >= 15 is 0 Å². The van der Waals surface area contributed by atoms with Crippen molar-refractivity contribution in [1.29, 1.82) is 0 Å². The number of aromatic nitrogens is 2. The molecule has 0 bridgehead atoms. The van der Waals surface area contributed by atoms with Gasteiger partial charge in [-0.15, -0.1) is 0 Å². The van der Waals surface area contributed by atoms with Crippen LogP contribution in [0, 0.1) is 0 Å². The van der Waals surface area contributed by atoms with Crippen molar-refractivity contribution in [3.63, 3.8) is 0 Å². The van der Waals surface area contributed by atoms with Gasteiger partial charge in [-0.1, -0.05) is 23.9 Å². The summed E-state index contributed by atoms with van der Waals surface area (Å²) in [5, 5.41) is 1.58. The summed E-state index contributed by atoms with van der Waals surface area (Å²) in [4.78, 5) is 20.6. The van der Waals surface area contributed by atoms with Gasteiger partial charge in [0.2, 0.25) is 0 Å². The first-order valence-electron chi connectivity index (χ1n) is 7.01. The van der Waals surface area contributed by atoms with Crippen molar-refractivity contribution in [3.05, 3.63) is 30.6 Å². The number of hydrogen-bond acceptors (Lipinski definition) is 6. The van der Waals surface area contributed by atoms with Crippen LogP contribution in [-0.4, -0.2) is 27.3 Å². The number of thioether (sulfide) groups is 1. The molecule has 2 heterocycles. The Bertz CT molecular complexity index is 842. The fraction of sp³-hybridized carbons (Fsp3) is 0.312. The van der Waals surface area contributed by atoms with Gasteiger partial charge in [0.25, 0.3) is 0 Å². The van der Waals surface area contributed by atoms with Crippen LogP contribution in [0.3, 0.4) is 0 Å². The van der Waals surface area contributed by atoms with Crippen LogP contribution in [0.1, 0.15) is 20.8 Å². The molecule has 0 aliphatic heterocycles. The fourth-order valence-corrected chi connectivity index (χ4v) is 3.12. The maximum Gasteiger partial charge on any atom is 0.322 e. The SMILES string of the molecule is CCOC(=O)C(C)(C)Sc1ncnc2c1oc1ccccc12. The van der Waals surface area contributed by atoms with E-state index in [1.165, 1.54) is 18.1 Å². The quantitative estimate of drug-likeness (QED) is 0.414. The molecule has 5 nitrogen and oxygen atoms in total. The highest BCUT2D eigenvalue weighted by molar-refractivity contribution is 8.01. The summed E-state index contributed by atoms with van der Waals surface area (Å²) >= 11 is 1.32. The number of fused-ring (bicyclic) bond motifs is 3. The van der Waals surface area contributed by atoms with Crippen LogP contribution in [0.5, 0.6) is 0 Å². The zero-order valence-corrected chi connectivity index (χ0v) is 13.4. The molecule has 22 heavy (non-hydrogen) atoms. The molecule has 0 N–H and O–H groups in total. The van der Waals surface area contributed by atoms with Crippen molar-refractivity contribution >= 4 is 39.8 Å². The molecule has 0 radical (unpaired) electrons. The molecule has 0 aliphatic rings. The van der Waals surface area contributed by atoms with Crippen LogP contribution in [0.25, 0.3) is 22.1 Å². The number of nitrogens with zero attached hydrogens (tertiary/aromatic N) is 2. The third kappa shape index (κ3) is 2.54. The van der Waals surface area contributed by atoms with Gasteiger partial charge >= 0.3 is 5.97 Å². The van der Waals surface area contributed by atoms with Gasteiger partial charge in [-0.3, -0.25) is 4.79 Å². The molecule has 0 unspecified atom stereocenters. The monoisotopic (exact) mass is 316 g/mol. The smallest absolute Gasteiger partial charge is 0.322 e. The number of rotatable bonds is 4. The highest BCUT2D eigenvalue weighted by atomic mass is 32.2. The molecule has 0 spiro atoms.